The second kappa shape index (κ2) is 14.2. The summed E-state index contributed by atoms with van der Waals surface area (Å²) in [6.45, 7) is 5.53. The fraction of sp³-hybridized carbons (Fsp3) is 0.400. The highest BCUT2D eigenvalue weighted by Gasteiger charge is 2.35. The number of nitrogens with zero attached hydrogens (tertiary/aromatic N) is 2. The summed E-state index contributed by atoms with van der Waals surface area (Å²) in [6, 6.07) is 17.5. The number of likely N-dealkylation sites (N-methyl/N-ethyl adjacent to an activating group) is 1. The van der Waals surface area contributed by atoms with E-state index < -0.39 is 29.9 Å². The van der Waals surface area contributed by atoms with E-state index in [-0.39, 0.29) is 24.3 Å². The molecule has 0 unspecified atom stereocenters. The van der Waals surface area contributed by atoms with Crippen LogP contribution in [0.4, 0.5) is 0 Å². The first kappa shape index (κ1) is 29.6. The van der Waals surface area contributed by atoms with Crippen LogP contribution in [-0.4, -0.2) is 71.7 Å². The van der Waals surface area contributed by atoms with Crippen molar-refractivity contribution >= 4 is 23.6 Å². The highest BCUT2D eigenvalue weighted by Crippen LogP contribution is 2.18. The van der Waals surface area contributed by atoms with Crippen LogP contribution in [0.5, 0.6) is 0 Å². The van der Waals surface area contributed by atoms with Gasteiger partial charge in [-0.05, 0) is 37.4 Å². The Morgan fingerprint density at radius 1 is 0.872 bits per heavy atom. The van der Waals surface area contributed by atoms with E-state index >= 15 is 0 Å². The number of carbonyl (C=O) groups is 4. The average Bonchev–Trinajstić information content (AvgIpc) is 2.95. The maximum atomic E-state index is 13.6. The van der Waals surface area contributed by atoms with Gasteiger partial charge in [0.05, 0.1) is 12.6 Å². The minimum absolute atomic E-state index is 0.176. The summed E-state index contributed by atoms with van der Waals surface area (Å²) in [6.07, 6.45) is 4.28. The molecule has 0 fully saturated rings. The Balaban J connectivity index is 1.71. The molecule has 39 heavy (non-hydrogen) atoms. The fourth-order valence-corrected chi connectivity index (χ4v) is 4.31. The topological polar surface area (TPSA) is 111 Å². The average molecular weight is 534 g/mol. The Labute approximate surface area is 230 Å². The van der Waals surface area contributed by atoms with Gasteiger partial charge in [0.15, 0.2) is 0 Å². The van der Waals surface area contributed by atoms with E-state index in [1.54, 1.807) is 31.3 Å². The number of hydrogen-bond donors (Lipinski definition) is 3. The van der Waals surface area contributed by atoms with E-state index in [2.05, 4.69) is 16.0 Å². The predicted octanol–water partition coefficient (Wildman–Crippen LogP) is 1.85. The fourth-order valence-electron chi connectivity index (χ4n) is 4.31. The van der Waals surface area contributed by atoms with Crippen LogP contribution < -0.4 is 16.0 Å². The minimum atomic E-state index is -0.798. The van der Waals surface area contributed by atoms with E-state index in [1.807, 2.05) is 74.5 Å². The van der Waals surface area contributed by atoms with Crippen LogP contribution in [0.25, 0.3) is 0 Å². The van der Waals surface area contributed by atoms with Crippen LogP contribution in [0.2, 0.25) is 0 Å². The maximum absolute atomic E-state index is 13.6. The van der Waals surface area contributed by atoms with E-state index in [0.717, 1.165) is 11.1 Å². The first-order chi connectivity index (χ1) is 18.7. The lowest BCUT2D eigenvalue weighted by molar-refractivity contribution is -0.143. The standard InChI is InChI=1S/C30H39N5O4/c1-21(2)27(33-28(37)22(3)31-4)29(38)32-20-26(36)35-18-17-34(16-15-23-11-7-5-8-12-23)30(39)25(35)19-24-13-9-6-10-14-24/h5-14,17-18,21-22,25,27,31H,15-16,19-20H2,1-4H3,(H,32,38)(H,33,37)/t22-,25-,27-/m0/s1. The van der Waals surface area contributed by atoms with Crippen LogP contribution in [0.15, 0.2) is 73.1 Å². The Morgan fingerprint density at radius 3 is 2.08 bits per heavy atom. The van der Waals surface area contributed by atoms with Gasteiger partial charge in [0.25, 0.3) is 0 Å². The molecule has 3 N–H and O–H groups in total. The van der Waals surface area contributed by atoms with Crippen molar-refractivity contribution < 1.29 is 19.2 Å². The molecule has 0 radical (unpaired) electrons. The third-order valence-corrected chi connectivity index (χ3v) is 6.84. The van der Waals surface area contributed by atoms with Gasteiger partial charge >= 0.3 is 0 Å². The number of nitrogens with one attached hydrogen (secondary N) is 3. The van der Waals surface area contributed by atoms with Crippen LogP contribution in [-0.2, 0) is 32.0 Å². The first-order valence-corrected chi connectivity index (χ1v) is 13.3. The molecule has 1 heterocycles. The van der Waals surface area contributed by atoms with Gasteiger partial charge in [-0.2, -0.15) is 0 Å². The smallest absolute Gasteiger partial charge is 0.250 e. The molecule has 0 spiro atoms. The molecular weight excluding hydrogens is 494 g/mol. The quantitative estimate of drug-likeness (QED) is 0.386. The van der Waals surface area contributed by atoms with Crippen LogP contribution in [0.3, 0.4) is 0 Å². The molecule has 0 aromatic heterocycles. The van der Waals surface area contributed by atoms with E-state index in [0.29, 0.717) is 19.4 Å². The normalized spacial score (nSPS) is 16.6. The summed E-state index contributed by atoms with van der Waals surface area (Å²) in [5, 5.41) is 8.24. The lowest BCUT2D eigenvalue weighted by Crippen LogP contribution is -2.56. The molecule has 0 saturated heterocycles. The minimum Gasteiger partial charge on any atom is -0.345 e. The lowest BCUT2D eigenvalue weighted by atomic mass is 10.0. The largest absolute Gasteiger partial charge is 0.345 e. The van der Waals surface area contributed by atoms with Gasteiger partial charge < -0.3 is 25.8 Å². The van der Waals surface area contributed by atoms with Crippen molar-refractivity contribution in [3.63, 3.8) is 0 Å². The first-order valence-electron chi connectivity index (χ1n) is 13.3. The number of carbonyl (C=O) groups excluding carboxylic acids is 4. The summed E-state index contributed by atoms with van der Waals surface area (Å²) in [4.78, 5) is 55.1. The van der Waals surface area contributed by atoms with Crippen molar-refractivity contribution in [3.8, 4) is 0 Å². The van der Waals surface area contributed by atoms with Gasteiger partial charge in [0, 0.05) is 25.4 Å². The van der Waals surface area contributed by atoms with Crippen molar-refractivity contribution in [2.24, 2.45) is 5.92 Å². The van der Waals surface area contributed by atoms with Gasteiger partial charge in [-0.1, -0.05) is 74.5 Å². The Bertz CT molecular complexity index is 1150. The molecule has 9 nitrogen and oxygen atoms in total. The predicted molar refractivity (Wildman–Crippen MR) is 150 cm³/mol. The molecule has 3 atom stereocenters. The number of hydrogen-bond acceptors (Lipinski definition) is 5. The maximum Gasteiger partial charge on any atom is 0.250 e. The Kier molecular flexibility index (Phi) is 10.8. The molecule has 0 aliphatic carbocycles. The second-order valence-corrected chi connectivity index (χ2v) is 10.0. The lowest BCUT2D eigenvalue weighted by Gasteiger charge is -2.36. The van der Waals surface area contributed by atoms with Crippen LogP contribution in [0, 0.1) is 5.92 Å². The monoisotopic (exact) mass is 533 g/mol. The van der Waals surface area contributed by atoms with Gasteiger partial charge in [0.2, 0.25) is 23.6 Å². The second-order valence-electron chi connectivity index (χ2n) is 10.0. The molecule has 4 amide bonds. The summed E-state index contributed by atoms with van der Waals surface area (Å²) in [7, 11) is 1.66. The number of amides is 4. The zero-order chi connectivity index (χ0) is 28.4. The molecule has 1 aliphatic rings. The summed E-state index contributed by atoms with van der Waals surface area (Å²) >= 11 is 0. The van der Waals surface area contributed by atoms with Gasteiger partial charge in [0.1, 0.15) is 12.1 Å². The summed E-state index contributed by atoms with van der Waals surface area (Å²) in [5.74, 6) is -1.53. The summed E-state index contributed by atoms with van der Waals surface area (Å²) < 4.78 is 0. The third kappa shape index (κ3) is 8.25. The van der Waals surface area contributed by atoms with Gasteiger partial charge in [-0.15, -0.1) is 0 Å². The molecule has 2 aromatic carbocycles. The zero-order valence-corrected chi connectivity index (χ0v) is 23.1. The molecule has 0 bridgehead atoms. The Hall–Kier alpha value is -3.98. The molecule has 208 valence electrons. The number of benzene rings is 2. The highest BCUT2D eigenvalue weighted by molar-refractivity contribution is 5.94. The SMILES string of the molecule is CN[C@@H](C)C(=O)N[C@H](C(=O)NCC(=O)N1C=CN(CCc2ccccc2)C(=O)[C@@H]1Cc1ccccc1)C(C)C. The van der Waals surface area contributed by atoms with E-state index in [1.165, 1.54) is 4.90 Å². The van der Waals surface area contributed by atoms with Crippen molar-refractivity contribution in [1.29, 1.82) is 0 Å². The number of rotatable bonds is 12. The van der Waals surface area contributed by atoms with Crippen LogP contribution in [0.1, 0.15) is 31.9 Å². The molecule has 0 saturated carbocycles. The van der Waals surface area contributed by atoms with Crippen LogP contribution >= 0.6 is 0 Å². The van der Waals surface area contributed by atoms with Crippen molar-refractivity contribution in [2.75, 3.05) is 20.1 Å². The molecule has 3 rings (SSSR count). The van der Waals surface area contributed by atoms with Crippen molar-refractivity contribution in [2.45, 2.75) is 51.7 Å². The molecule has 1 aliphatic heterocycles. The third-order valence-electron chi connectivity index (χ3n) is 6.84. The molecule has 2 aromatic rings. The Morgan fingerprint density at radius 2 is 1.49 bits per heavy atom. The highest BCUT2D eigenvalue weighted by atomic mass is 16.2. The van der Waals surface area contributed by atoms with E-state index in [4.69, 9.17) is 0 Å². The van der Waals surface area contributed by atoms with Crippen molar-refractivity contribution in [3.05, 3.63) is 84.2 Å². The van der Waals surface area contributed by atoms with E-state index in [9.17, 15) is 19.2 Å². The van der Waals surface area contributed by atoms with Crippen molar-refractivity contribution in [1.82, 2.24) is 25.8 Å². The van der Waals surface area contributed by atoms with Gasteiger partial charge in [-0.25, -0.2) is 0 Å². The van der Waals surface area contributed by atoms with Gasteiger partial charge in [-0.3, -0.25) is 19.2 Å². The summed E-state index contributed by atoms with van der Waals surface area (Å²) in [5.41, 5.74) is 2.05. The molecular formula is C30H39N5O4. The molecule has 9 heteroatoms. The zero-order valence-electron chi connectivity index (χ0n) is 23.1.